The van der Waals surface area contributed by atoms with E-state index in [1.807, 2.05) is 12.1 Å². The number of hydrogen-bond acceptors (Lipinski definition) is 2. The molecular formula is C15H16OS. The molecule has 0 fully saturated rings. The largest absolute Gasteiger partial charge is 0.497 e. The van der Waals surface area contributed by atoms with Crippen molar-refractivity contribution in [3.05, 3.63) is 48.0 Å². The van der Waals surface area contributed by atoms with Crippen molar-refractivity contribution in [3.8, 4) is 16.9 Å². The minimum absolute atomic E-state index is 0.895. The predicted octanol–water partition coefficient (Wildman–Crippen LogP) is 4.39. The zero-order valence-electron chi connectivity index (χ0n) is 10.4. The Kier molecular flexibility index (Phi) is 3.75. The van der Waals surface area contributed by atoms with Crippen molar-refractivity contribution in [2.45, 2.75) is 11.8 Å². The van der Waals surface area contributed by atoms with E-state index in [1.165, 1.54) is 21.6 Å². The summed E-state index contributed by atoms with van der Waals surface area (Å²) in [5, 5.41) is 0. The monoisotopic (exact) mass is 244 g/mol. The molecule has 0 amide bonds. The van der Waals surface area contributed by atoms with Gasteiger partial charge in [0.2, 0.25) is 0 Å². The van der Waals surface area contributed by atoms with Crippen molar-refractivity contribution in [1.82, 2.24) is 0 Å². The first kappa shape index (κ1) is 12.1. The second kappa shape index (κ2) is 5.28. The van der Waals surface area contributed by atoms with Crippen LogP contribution in [0.2, 0.25) is 0 Å². The summed E-state index contributed by atoms with van der Waals surface area (Å²) >= 11 is 1.77. The van der Waals surface area contributed by atoms with Crippen LogP contribution in [0.25, 0.3) is 11.1 Å². The van der Waals surface area contributed by atoms with Gasteiger partial charge in [-0.3, -0.25) is 0 Å². The van der Waals surface area contributed by atoms with Crippen LogP contribution in [0.15, 0.2) is 47.4 Å². The molecule has 0 aliphatic rings. The van der Waals surface area contributed by atoms with Gasteiger partial charge in [0.15, 0.2) is 0 Å². The van der Waals surface area contributed by atoms with Crippen LogP contribution >= 0.6 is 11.8 Å². The Morgan fingerprint density at radius 1 is 1.00 bits per heavy atom. The highest BCUT2D eigenvalue weighted by Gasteiger charge is 2.03. The van der Waals surface area contributed by atoms with Gasteiger partial charge in [-0.15, -0.1) is 11.8 Å². The van der Waals surface area contributed by atoms with Crippen molar-refractivity contribution in [2.75, 3.05) is 13.4 Å². The predicted molar refractivity (Wildman–Crippen MR) is 74.9 cm³/mol. The fourth-order valence-electron chi connectivity index (χ4n) is 1.86. The van der Waals surface area contributed by atoms with E-state index < -0.39 is 0 Å². The first-order valence-electron chi connectivity index (χ1n) is 5.53. The normalized spacial score (nSPS) is 10.3. The van der Waals surface area contributed by atoms with Crippen molar-refractivity contribution < 1.29 is 4.74 Å². The summed E-state index contributed by atoms with van der Waals surface area (Å²) in [7, 11) is 1.69. The Labute approximate surface area is 107 Å². The van der Waals surface area contributed by atoms with Gasteiger partial charge in [-0.2, -0.15) is 0 Å². The fourth-order valence-corrected chi connectivity index (χ4v) is 2.36. The third-order valence-corrected chi connectivity index (χ3v) is 3.56. The van der Waals surface area contributed by atoms with Crippen LogP contribution in [0, 0.1) is 6.92 Å². The third-order valence-electron chi connectivity index (χ3n) is 2.83. The van der Waals surface area contributed by atoms with Crippen molar-refractivity contribution in [1.29, 1.82) is 0 Å². The molecule has 0 bridgehead atoms. The molecule has 0 aromatic heterocycles. The van der Waals surface area contributed by atoms with Crippen LogP contribution in [-0.4, -0.2) is 13.4 Å². The zero-order valence-corrected chi connectivity index (χ0v) is 11.2. The van der Waals surface area contributed by atoms with Gasteiger partial charge < -0.3 is 4.74 Å². The molecule has 0 heterocycles. The van der Waals surface area contributed by atoms with E-state index in [0.717, 1.165) is 5.75 Å². The van der Waals surface area contributed by atoms with Crippen LogP contribution < -0.4 is 4.74 Å². The molecule has 0 spiro atoms. The van der Waals surface area contributed by atoms with Gasteiger partial charge in [0, 0.05) is 4.90 Å². The molecule has 88 valence electrons. The maximum Gasteiger partial charge on any atom is 0.118 e. The van der Waals surface area contributed by atoms with Crippen LogP contribution in [0.1, 0.15) is 5.56 Å². The van der Waals surface area contributed by atoms with Gasteiger partial charge in [-0.05, 0) is 54.1 Å². The summed E-state index contributed by atoms with van der Waals surface area (Å²) in [6.07, 6.45) is 2.10. The van der Waals surface area contributed by atoms with Crippen molar-refractivity contribution in [3.63, 3.8) is 0 Å². The van der Waals surface area contributed by atoms with Gasteiger partial charge in [0.1, 0.15) is 5.75 Å². The summed E-state index contributed by atoms with van der Waals surface area (Å²) < 4.78 is 5.17. The average molecular weight is 244 g/mol. The Hall–Kier alpha value is -1.41. The number of thioether (sulfide) groups is 1. The zero-order chi connectivity index (χ0) is 12.3. The van der Waals surface area contributed by atoms with Gasteiger partial charge >= 0.3 is 0 Å². The number of benzene rings is 2. The average Bonchev–Trinajstić information content (AvgIpc) is 2.39. The highest BCUT2D eigenvalue weighted by atomic mass is 32.2. The maximum absolute atomic E-state index is 5.17. The Balaban J connectivity index is 2.38. The summed E-state index contributed by atoms with van der Waals surface area (Å²) in [6, 6.07) is 14.8. The molecule has 17 heavy (non-hydrogen) atoms. The minimum Gasteiger partial charge on any atom is -0.497 e. The van der Waals surface area contributed by atoms with E-state index in [4.69, 9.17) is 4.74 Å². The van der Waals surface area contributed by atoms with Gasteiger partial charge in [0.25, 0.3) is 0 Å². The summed E-state index contributed by atoms with van der Waals surface area (Å²) in [6.45, 7) is 2.15. The fraction of sp³-hybridized carbons (Fsp3) is 0.200. The molecule has 0 unspecified atom stereocenters. The summed E-state index contributed by atoms with van der Waals surface area (Å²) in [5.41, 5.74) is 3.82. The molecule has 2 rings (SSSR count). The van der Waals surface area contributed by atoms with Crippen molar-refractivity contribution in [2.24, 2.45) is 0 Å². The number of methoxy groups -OCH3 is 1. The highest BCUT2D eigenvalue weighted by Crippen LogP contribution is 2.28. The molecule has 0 saturated heterocycles. The van der Waals surface area contributed by atoms with E-state index in [9.17, 15) is 0 Å². The van der Waals surface area contributed by atoms with Crippen molar-refractivity contribution >= 4 is 11.8 Å². The highest BCUT2D eigenvalue weighted by molar-refractivity contribution is 7.98. The minimum atomic E-state index is 0.895. The molecule has 2 aromatic rings. The lowest BCUT2D eigenvalue weighted by atomic mass is 10.0. The maximum atomic E-state index is 5.17. The lowest BCUT2D eigenvalue weighted by Gasteiger charge is -2.08. The molecule has 0 radical (unpaired) electrons. The second-order valence-corrected chi connectivity index (χ2v) is 4.79. The molecule has 1 nitrogen and oxygen atoms in total. The summed E-state index contributed by atoms with van der Waals surface area (Å²) in [5.74, 6) is 0.895. The second-order valence-electron chi connectivity index (χ2n) is 3.91. The lowest BCUT2D eigenvalue weighted by molar-refractivity contribution is 0.415. The molecule has 2 aromatic carbocycles. The molecule has 0 aliphatic heterocycles. The first-order chi connectivity index (χ1) is 8.24. The quantitative estimate of drug-likeness (QED) is 0.740. The van der Waals surface area contributed by atoms with E-state index >= 15 is 0 Å². The molecule has 0 N–H and O–H groups in total. The van der Waals surface area contributed by atoms with Gasteiger partial charge in [-0.1, -0.05) is 18.2 Å². The Morgan fingerprint density at radius 2 is 1.71 bits per heavy atom. The van der Waals surface area contributed by atoms with Crippen LogP contribution in [-0.2, 0) is 0 Å². The molecule has 0 atom stereocenters. The first-order valence-corrected chi connectivity index (χ1v) is 6.76. The number of hydrogen-bond donors (Lipinski definition) is 0. The Bertz CT molecular complexity index is 503. The van der Waals surface area contributed by atoms with E-state index in [0.29, 0.717) is 0 Å². The third kappa shape index (κ3) is 2.64. The number of ether oxygens (including phenoxy) is 1. The summed E-state index contributed by atoms with van der Waals surface area (Å²) in [4.78, 5) is 1.31. The number of aryl methyl sites for hydroxylation is 1. The van der Waals surface area contributed by atoms with E-state index in [2.05, 4.69) is 43.5 Å². The molecule has 0 saturated carbocycles. The molecule has 2 heteroatoms. The SMILES string of the molecule is COc1ccc(-c2ccc(SC)cc2C)cc1. The van der Waals surface area contributed by atoms with E-state index in [1.54, 1.807) is 18.9 Å². The smallest absolute Gasteiger partial charge is 0.118 e. The standard InChI is InChI=1S/C15H16OS/c1-11-10-14(17-3)8-9-15(11)12-4-6-13(16-2)7-5-12/h4-10H,1-3H3. The van der Waals surface area contributed by atoms with Crippen LogP contribution in [0.3, 0.4) is 0 Å². The van der Waals surface area contributed by atoms with Crippen LogP contribution in [0.5, 0.6) is 5.75 Å². The van der Waals surface area contributed by atoms with Gasteiger partial charge in [-0.25, -0.2) is 0 Å². The molecular weight excluding hydrogens is 228 g/mol. The Morgan fingerprint density at radius 3 is 2.24 bits per heavy atom. The topological polar surface area (TPSA) is 9.23 Å². The number of rotatable bonds is 3. The van der Waals surface area contributed by atoms with E-state index in [-0.39, 0.29) is 0 Å². The van der Waals surface area contributed by atoms with Gasteiger partial charge in [0.05, 0.1) is 7.11 Å². The molecule has 0 aliphatic carbocycles. The van der Waals surface area contributed by atoms with Crippen LogP contribution in [0.4, 0.5) is 0 Å². The lowest BCUT2D eigenvalue weighted by Crippen LogP contribution is -1.86.